The number of aryl methyl sites for hydroxylation is 1. The molecule has 6 heteroatoms. The van der Waals surface area contributed by atoms with E-state index in [0.717, 1.165) is 74.8 Å². The minimum Gasteiger partial charge on any atom is -0.491 e. The van der Waals surface area contributed by atoms with Gasteiger partial charge in [0.25, 0.3) is 5.56 Å². The highest BCUT2D eigenvalue weighted by Crippen LogP contribution is 2.23. The molecule has 2 aromatic rings. The van der Waals surface area contributed by atoms with Crippen molar-refractivity contribution in [1.29, 1.82) is 0 Å². The Morgan fingerprint density at radius 2 is 1.67 bits per heavy atom. The Morgan fingerprint density at radius 1 is 1.00 bits per heavy atom. The molecule has 0 saturated carbocycles. The maximum atomic E-state index is 12.4. The van der Waals surface area contributed by atoms with Gasteiger partial charge in [0.1, 0.15) is 5.75 Å². The van der Waals surface area contributed by atoms with Gasteiger partial charge < -0.3 is 14.5 Å². The molecule has 1 aromatic heterocycles. The number of ether oxygens (including phenoxy) is 1. The Hall–Kier alpha value is -2.50. The molecular weight excluding hydrogens is 340 g/mol. The van der Waals surface area contributed by atoms with Crippen molar-refractivity contribution in [2.24, 2.45) is 0 Å². The van der Waals surface area contributed by atoms with Crippen molar-refractivity contribution in [2.75, 3.05) is 36.0 Å². The van der Waals surface area contributed by atoms with E-state index in [1.165, 1.54) is 5.69 Å². The lowest BCUT2D eigenvalue weighted by molar-refractivity contribution is 0.242. The van der Waals surface area contributed by atoms with E-state index in [2.05, 4.69) is 26.9 Å². The molecule has 2 heterocycles. The van der Waals surface area contributed by atoms with Gasteiger partial charge in [-0.25, -0.2) is 4.98 Å². The lowest BCUT2D eigenvalue weighted by atomic mass is 9.97. The molecule has 27 heavy (non-hydrogen) atoms. The smallest absolute Gasteiger partial charge is 0.255 e. The molecular formula is C21H28N4O2. The van der Waals surface area contributed by atoms with E-state index in [9.17, 15) is 4.79 Å². The summed E-state index contributed by atoms with van der Waals surface area (Å²) < 4.78 is 5.72. The minimum absolute atomic E-state index is 0.0536. The number of benzene rings is 1. The van der Waals surface area contributed by atoms with Crippen LogP contribution in [-0.2, 0) is 12.8 Å². The maximum absolute atomic E-state index is 12.4. The van der Waals surface area contributed by atoms with E-state index in [0.29, 0.717) is 0 Å². The fourth-order valence-electron chi connectivity index (χ4n) is 3.92. The number of H-pyrrole nitrogens is 1. The number of aromatic amines is 1. The zero-order chi connectivity index (χ0) is 18.8. The zero-order valence-electron chi connectivity index (χ0n) is 16.2. The van der Waals surface area contributed by atoms with Crippen molar-refractivity contribution in [3.05, 3.63) is 45.9 Å². The Morgan fingerprint density at radius 3 is 2.37 bits per heavy atom. The van der Waals surface area contributed by atoms with E-state index in [1.54, 1.807) is 0 Å². The lowest BCUT2D eigenvalue weighted by Crippen LogP contribution is -2.47. The average Bonchev–Trinajstić information content (AvgIpc) is 2.68. The van der Waals surface area contributed by atoms with Gasteiger partial charge in [0, 0.05) is 37.4 Å². The van der Waals surface area contributed by atoms with Crippen molar-refractivity contribution in [3.63, 3.8) is 0 Å². The fraction of sp³-hybridized carbons (Fsp3) is 0.524. The molecule has 0 radical (unpaired) electrons. The summed E-state index contributed by atoms with van der Waals surface area (Å²) in [5.74, 6) is 1.64. The standard InChI is InChI=1S/C21H28N4O2/c1-15(2)27-17-9-7-16(8-10-17)24-11-13-25(14-12-24)21-22-19-6-4-3-5-18(19)20(26)23-21/h7-10,15H,3-6,11-14H2,1-2H3,(H,22,23,26). The SMILES string of the molecule is CC(C)Oc1ccc(N2CCN(c3nc4c(c(=O)[nH]3)CCCC4)CC2)cc1. The van der Waals surface area contributed by atoms with Crippen LogP contribution >= 0.6 is 0 Å². The molecule has 0 atom stereocenters. The highest BCUT2D eigenvalue weighted by atomic mass is 16.5. The summed E-state index contributed by atoms with van der Waals surface area (Å²) >= 11 is 0. The second kappa shape index (κ2) is 7.62. The van der Waals surface area contributed by atoms with Gasteiger partial charge in [-0.1, -0.05) is 0 Å². The first-order valence-corrected chi connectivity index (χ1v) is 9.99. The summed E-state index contributed by atoms with van der Waals surface area (Å²) in [7, 11) is 0. The topological polar surface area (TPSA) is 61.5 Å². The molecule has 1 N–H and O–H groups in total. The molecule has 1 aliphatic carbocycles. The maximum Gasteiger partial charge on any atom is 0.255 e. The Kier molecular flexibility index (Phi) is 5.05. The molecule has 1 saturated heterocycles. The number of anilines is 2. The normalized spacial score (nSPS) is 17.1. The van der Waals surface area contributed by atoms with Gasteiger partial charge in [0.2, 0.25) is 5.95 Å². The Balaban J connectivity index is 1.42. The van der Waals surface area contributed by atoms with Crippen LogP contribution in [0.1, 0.15) is 37.9 Å². The van der Waals surface area contributed by atoms with E-state index < -0.39 is 0 Å². The molecule has 144 valence electrons. The van der Waals surface area contributed by atoms with Crippen LogP contribution in [-0.4, -0.2) is 42.3 Å². The number of hydrogen-bond acceptors (Lipinski definition) is 5. The summed E-state index contributed by atoms with van der Waals surface area (Å²) in [5, 5.41) is 0. The van der Waals surface area contributed by atoms with Crippen molar-refractivity contribution in [2.45, 2.75) is 45.6 Å². The van der Waals surface area contributed by atoms with Crippen LogP contribution in [0.15, 0.2) is 29.1 Å². The van der Waals surface area contributed by atoms with Crippen molar-refractivity contribution in [3.8, 4) is 5.75 Å². The Labute approximate surface area is 160 Å². The van der Waals surface area contributed by atoms with Crippen LogP contribution in [0.3, 0.4) is 0 Å². The number of rotatable bonds is 4. The van der Waals surface area contributed by atoms with Crippen LogP contribution in [0.2, 0.25) is 0 Å². The highest BCUT2D eigenvalue weighted by Gasteiger charge is 2.22. The molecule has 0 unspecified atom stereocenters. The van der Waals surface area contributed by atoms with Crippen molar-refractivity contribution < 1.29 is 4.74 Å². The molecule has 1 aromatic carbocycles. The highest BCUT2D eigenvalue weighted by molar-refractivity contribution is 5.51. The summed E-state index contributed by atoms with van der Waals surface area (Å²) in [6.07, 6.45) is 4.20. The van der Waals surface area contributed by atoms with Crippen LogP contribution in [0.25, 0.3) is 0 Å². The third kappa shape index (κ3) is 3.94. The average molecular weight is 368 g/mol. The van der Waals surface area contributed by atoms with Crippen LogP contribution in [0.5, 0.6) is 5.75 Å². The number of piperazine rings is 1. The number of nitrogens with zero attached hydrogens (tertiary/aromatic N) is 3. The minimum atomic E-state index is 0.0536. The number of hydrogen-bond donors (Lipinski definition) is 1. The quantitative estimate of drug-likeness (QED) is 0.899. The van der Waals surface area contributed by atoms with E-state index in [1.807, 2.05) is 26.0 Å². The first-order valence-electron chi connectivity index (χ1n) is 9.99. The molecule has 4 rings (SSSR count). The third-order valence-electron chi connectivity index (χ3n) is 5.33. The molecule has 0 spiro atoms. The first-order chi connectivity index (χ1) is 13.1. The second-order valence-electron chi connectivity index (χ2n) is 7.66. The van der Waals surface area contributed by atoms with Crippen LogP contribution < -0.4 is 20.1 Å². The lowest BCUT2D eigenvalue weighted by Gasteiger charge is -2.36. The van der Waals surface area contributed by atoms with E-state index in [4.69, 9.17) is 9.72 Å². The molecule has 1 aliphatic heterocycles. The molecule has 6 nitrogen and oxygen atoms in total. The van der Waals surface area contributed by atoms with Gasteiger partial charge in [-0.05, 0) is 63.8 Å². The summed E-state index contributed by atoms with van der Waals surface area (Å²) in [5.41, 5.74) is 3.16. The van der Waals surface area contributed by atoms with E-state index in [-0.39, 0.29) is 11.7 Å². The molecule has 2 aliphatic rings. The second-order valence-corrected chi connectivity index (χ2v) is 7.66. The summed E-state index contributed by atoms with van der Waals surface area (Å²) in [6.45, 7) is 7.59. The van der Waals surface area contributed by atoms with Crippen LogP contribution in [0.4, 0.5) is 11.6 Å². The van der Waals surface area contributed by atoms with Gasteiger partial charge in [0.15, 0.2) is 0 Å². The van der Waals surface area contributed by atoms with Gasteiger partial charge in [0.05, 0.1) is 11.8 Å². The van der Waals surface area contributed by atoms with Gasteiger partial charge in [-0.15, -0.1) is 0 Å². The van der Waals surface area contributed by atoms with Crippen LogP contribution in [0, 0.1) is 0 Å². The van der Waals surface area contributed by atoms with Gasteiger partial charge in [-0.3, -0.25) is 9.78 Å². The summed E-state index contributed by atoms with van der Waals surface area (Å²) in [4.78, 5) is 24.7. The van der Waals surface area contributed by atoms with Gasteiger partial charge in [-0.2, -0.15) is 0 Å². The number of fused-ring (bicyclic) bond motifs is 1. The monoisotopic (exact) mass is 368 g/mol. The Bertz CT molecular complexity index is 836. The van der Waals surface area contributed by atoms with E-state index >= 15 is 0 Å². The van der Waals surface area contributed by atoms with Gasteiger partial charge >= 0.3 is 0 Å². The first kappa shape index (κ1) is 17.9. The molecule has 0 bridgehead atoms. The summed E-state index contributed by atoms with van der Waals surface area (Å²) in [6, 6.07) is 8.30. The number of aromatic nitrogens is 2. The molecule has 1 fully saturated rings. The third-order valence-corrected chi connectivity index (χ3v) is 5.33. The predicted octanol–water partition coefficient (Wildman–Crippen LogP) is 2.76. The largest absolute Gasteiger partial charge is 0.491 e. The molecule has 0 amide bonds. The number of nitrogens with one attached hydrogen (secondary N) is 1. The predicted molar refractivity (Wildman–Crippen MR) is 108 cm³/mol. The van der Waals surface area contributed by atoms with Crippen molar-refractivity contribution in [1.82, 2.24) is 9.97 Å². The zero-order valence-corrected chi connectivity index (χ0v) is 16.2. The van der Waals surface area contributed by atoms with Crippen molar-refractivity contribution >= 4 is 11.6 Å². The fourth-order valence-corrected chi connectivity index (χ4v) is 3.92.